The van der Waals surface area contributed by atoms with Gasteiger partial charge in [-0.05, 0) is 12.1 Å². The van der Waals surface area contributed by atoms with Crippen LogP contribution in [-0.2, 0) is 6.54 Å². The lowest BCUT2D eigenvalue weighted by atomic mass is 10.2. The molecule has 0 saturated heterocycles. The molecule has 18 heavy (non-hydrogen) atoms. The van der Waals surface area contributed by atoms with Gasteiger partial charge in [-0.15, -0.1) is 0 Å². The first-order valence-corrected chi connectivity index (χ1v) is 5.45. The standard InChI is InChI=1S/C11H8F3N3S/c12-8-1-2-9(13)11(14)7(8)5-17-4-3-10(16-17)15-6-18/h1-4,6H,5H2,(H,15,16,18). The summed E-state index contributed by atoms with van der Waals surface area (Å²) in [6.07, 6.45) is 1.50. The molecule has 3 nitrogen and oxygen atoms in total. The number of hydrogen-bond acceptors (Lipinski definition) is 2. The Labute approximate surface area is 106 Å². The van der Waals surface area contributed by atoms with Gasteiger partial charge in [0, 0.05) is 17.8 Å². The normalized spacial score (nSPS) is 10.4. The first kappa shape index (κ1) is 12.6. The van der Waals surface area contributed by atoms with E-state index < -0.39 is 17.5 Å². The second-order valence-corrected chi connectivity index (χ2v) is 3.72. The number of halogens is 3. The van der Waals surface area contributed by atoms with Crippen LogP contribution in [0.5, 0.6) is 0 Å². The minimum absolute atomic E-state index is 0.200. The molecule has 1 N–H and O–H groups in total. The van der Waals surface area contributed by atoms with Crippen LogP contribution in [-0.4, -0.2) is 15.3 Å². The first-order chi connectivity index (χ1) is 8.61. The van der Waals surface area contributed by atoms with E-state index in [0.29, 0.717) is 5.82 Å². The minimum Gasteiger partial charge on any atom is -0.336 e. The van der Waals surface area contributed by atoms with Crippen molar-refractivity contribution in [1.82, 2.24) is 9.78 Å². The van der Waals surface area contributed by atoms with Crippen LogP contribution in [0, 0.1) is 17.5 Å². The Morgan fingerprint density at radius 1 is 1.22 bits per heavy atom. The summed E-state index contributed by atoms with van der Waals surface area (Å²) in [4.78, 5) is 0. The third-order valence-corrected chi connectivity index (χ3v) is 2.42. The minimum atomic E-state index is -1.20. The van der Waals surface area contributed by atoms with E-state index in [4.69, 9.17) is 0 Å². The lowest BCUT2D eigenvalue weighted by Gasteiger charge is -2.05. The molecule has 1 aromatic carbocycles. The Morgan fingerprint density at radius 2 is 1.94 bits per heavy atom. The van der Waals surface area contributed by atoms with Crippen molar-refractivity contribution in [3.63, 3.8) is 0 Å². The summed E-state index contributed by atoms with van der Waals surface area (Å²) >= 11 is 4.58. The van der Waals surface area contributed by atoms with Crippen molar-refractivity contribution in [2.75, 3.05) is 5.32 Å². The van der Waals surface area contributed by atoms with Crippen molar-refractivity contribution in [2.45, 2.75) is 6.54 Å². The molecule has 0 spiro atoms. The van der Waals surface area contributed by atoms with E-state index in [1.807, 2.05) is 0 Å². The fourth-order valence-electron chi connectivity index (χ4n) is 1.46. The van der Waals surface area contributed by atoms with E-state index in [1.54, 1.807) is 6.07 Å². The lowest BCUT2D eigenvalue weighted by molar-refractivity contribution is 0.470. The summed E-state index contributed by atoms with van der Waals surface area (Å²) < 4.78 is 41.1. The third kappa shape index (κ3) is 2.51. The second-order valence-electron chi connectivity index (χ2n) is 3.48. The Kier molecular flexibility index (Phi) is 3.61. The van der Waals surface area contributed by atoms with Gasteiger partial charge in [0.25, 0.3) is 0 Å². The molecule has 0 amide bonds. The third-order valence-electron chi connectivity index (χ3n) is 2.31. The van der Waals surface area contributed by atoms with Crippen LogP contribution in [0.2, 0.25) is 0 Å². The molecule has 0 bridgehead atoms. The number of nitrogens with one attached hydrogen (secondary N) is 1. The van der Waals surface area contributed by atoms with Gasteiger partial charge in [-0.3, -0.25) is 4.68 Å². The zero-order valence-electron chi connectivity index (χ0n) is 9.03. The molecule has 7 heteroatoms. The monoisotopic (exact) mass is 271 g/mol. The summed E-state index contributed by atoms with van der Waals surface area (Å²) in [6, 6.07) is 3.21. The number of hydrogen-bond donors (Lipinski definition) is 1. The van der Waals surface area contributed by atoms with Crippen LogP contribution in [0.4, 0.5) is 19.0 Å². The summed E-state index contributed by atoms with van der Waals surface area (Å²) in [5, 5.41) is 6.61. The highest BCUT2D eigenvalue weighted by Gasteiger charge is 2.14. The molecule has 0 aliphatic heterocycles. The molecule has 0 fully saturated rings. The Bertz CT molecular complexity index is 583. The molecule has 2 rings (SSSR count). The first-order valence-electron chi connectivity index (χ1n) is 4.98. The van der Waals surface area contributed by atoms with Crippen LogP contribution in [0.15, 0.2) is 24.4 Å². The molecule has 0 saturated carbocycles. The number of aromatic nitrogens is 2. The largest absolute Gasteiger partial charge is 0.336 e. The Balaban J connectivity index is 2.27. The van der Waals surface area contributed by atoms with Crippen molar-refractivity contribution < 1.29 is 13.2 Å². The van der Waals surface area contributed by atoms with Gasteiger partial charge in [0.2, 0.25) is 0 Å². The molecular formula is C11H8F3N3S. The maximum absolute atomic E-state index is 13.4. The van der Waals surface area contributed by atoms with E-state index in [2.05, 4.69) is 22.6 Å². The van der Waals surface area contributed by atoms with Crippen LogP contribution < -0.4 is 5.32 Å². The average Bonchev–Trinajstić information content (AvgIpc) is 2.78. The van der Waals surface area contributed by atoms with Crippen molar-refractivity contribution >= 4 is 23.5 Å². The number of nitrogens with zero attached hydrogens (tertiary/aromatic N) is 2. The van der Waals surface area contributed by atoms with Gasteiger partial charge < -0.3 is 5.32 Å². The Hall–Kier alpha value is -1.89. The number of thiocarbonyl (C=S) groups is 1. The molecule has 0 atom stereocenters. The fourth-order valence-corrected chi connectivity index (χ4v) is 1.58. The van der Waals surface area contributed by atoms with Gasteiger partial charge in [-0.2, -0.15) is 5.10 Å². The molecule has 0 aliphatic carbocycles. The smallest absolute Gasteiger partial charge is 0.166 e. The zero-order valence-corrected chi connectivity index (χ0v) is 9.85. The molecule has 94 valence electrons. The van der Waals surface area contributed by atoms with E-state index in [9.17, 15) is 13.2 Å². The predicted octanol–water partition coefficient (Wildman–Crippen LogP) is 2.72. The van der Waals surface area contributed by atoms with Gasteiger partial charge in [0.1, 0.15) is 5.82 Å². The lowest BCUT2D eigenvalue weighted by Crippen LogP contribution is -2.07. The predicted molar refractivity (Wildman–Crippen MR) is 64.9 cm³/mol. The highest BCUT2D eigenvalue weighted by molar-refractivity contribution is 7.79. The molecule has 1 heterocycles. The number of benzene rings is 1. The quantitative estimate of drug-likeness (QED) is 0.685. The van der Waals surface area contributed by atoms with Crippen molar-refractivity contribution in [1.29, 1.82) is 0 Å². The fraction of sp³-hybridized carbons (Fsp3) is 0.0909. The van der Waals surface area contributed by atoms with Crippen molar-refractivity contribution in [3.8, 4) is 0 Å². The molecule has 2 aromatic rings. The highest BCUT2D eigenvalue weighted by Crippen LogP contribution is 2.17. The van der Waals surface area contributed by atoms with Crippen LogP contribution in [0.3, 0.4) is 0 Å². The zero-order chi connectivity index (χ0) is 13.1. The van der Waals surface area contributed by atoms with Crippen LogP contribution >= 0.6 is 12.2 Å². The maximum Gasteiger partial charge on any atom is 0.166 e. The van der Waals surface area contributed by atoms with Crippen LogP contribution in [0.25, 0.3) is 0 Å². The van der Waals surface area contributed by atoms with Gasteiger partial charge in [-0.25, -0.2) is 13.2 Å². The summed E-state index contributed by atoms with van der Waals surface area (Å²) in [6.45, 7) is -0.200. The second kappa shape index (κ2) is 5.18. The summed E-state index contributed by atoms with van der Waals surface area (Å²) in [5.74, 6) is -2.65. The van der Waals surface area contributed by atoms with Crippen molar-refractivity contribution in [2.24, 2.45) is 0 Å². The SMILES string of the molecule is Fc1ccc(F)c(Cn2ccc(NC=S)n2)c1F. The molecule has 0 unspecified atom stereocenters. The van der Waals surface area contributed by atoms with E-state index in [0.717, 1.165) is 12.1 Å². The van der Waals surface area contributed by atoms with E-state index in [1.165, 1.54) is 16.4 Å². The molecule has 0 radical (unpaired) electrons. The number of rotatable bonds is 4. The van der Waals surface area contributed by atoms with Crippen molar-refractivity contribution in [3.05, 3.63) is 47.4 Å². The molecule has 0 aliphatic rings. The summed E-state index contributed by atoms with van der Waals surface area (Å²) in [5.41, 5.74) is 0.891. The van der Waals surface area contributed by atoms with Crippen LogP contribution in [0.1, 0.15) is 5.56 Å². The average molecular weight is 271 g/mol. The van der Waals surface area contributed by atoms with Gasteiger partial charge in [0.15, 0.2) is 17.5 Å². The Morgan fingerprint density at radius 3 is 2.67 bits per heavy atom. The van der Waals surface area contributed by atoms with E-state index >= 15 is 0 Å². The van der Waals surface area contributed by atoms with Gasteiger partial charge >= 0.3 is 0 Å². The van der Waals surface area contributed by atoms with Gasteiger partial charge in [0.05, 0.1) is 12.0 Å². The number of anilines is 1. The maximum atomic E-state index is 13.4. The summed E-state index contributed by atoms with van der Waals surface area (Å²) in [7, 11) is 0. The molecular weight excluding hydrogens is 263 g/mol. The van der Waals surface area contributed by atoms with E-state index in [-0.39, 0.29) is 12.1 Å². The molecule has 1 aromatic heterocycles. The topological polar surface area (TPSA) is 29.9 Å². The van der Waals surface area contributed by atoms with Gasteiger partial charge in [-0.1, -0.05) is 12.2 Å². The highest BCUT2D eigenvalue weighted by atomic mass is 32.1.